The van der Waals surface area contributed by atoms with Crippen LogP contribution in [0.5, 0.6) is 5.75 Å². The van der Waals surface area contributed by atoms with E-state index in [1.807, 2.05) is 42.5 Å². The first-order chi connectivity index (χ1) is 13.5. The van der Waals surface area contributed by atoms with Crippen LogP contribution in [-0.2, 0) is 6.61 Å². The van der Waals surface area contributed by atoms with Crippen LogP contribution in [0.4, 0.5) is 0 Å². The zero-order valence-electron chi connectivity index (χ0n) is 15.0. The van der Waals surface area contributed by atoms with Crippen LogP contribution in [0.25, 0.3) is 0 Å². The molecule has 0 aliphatic rings. The average molecular weight is 393 g/mol. The lowest BCUT2D eigenvalue weighted by molar-refractivity contribution is -0.254. The van der Waals surface area contributed by atoms with Crippen molar-refractivity contribution in [2.24, 2.45) is 5.10 Å². The molecule has 0 saturated carbocycles. The topological polar surface area (TPSA) is 90.8 Å². The Morgan fingerprint density at radius 2 is 1.68 bits per heavy atom. The summed E-state index contributed by atoms with van der Waals surface area (Å²) in [6.07, 6.45) is 0. The number of thiophene rings is 1. The summed E-state index contributed by atoms with van der Waals surface area (Å²) in [7, 11) is 0. The second-order valence-corrected chi connectivity index (χ2v) is 6.97. The van der Waals surface area contributed by atoms with Crippen LogP contribution >= 0.6 is 11.3 Å². The molecule has 3 aromatic rings. The lowest BCUT2D eigenvalue weighted by atomic mass is 10.1. The van der Waals surface area contributed by atoms with Gasteiger partial charge in [-0.05, 0) is 48.9 Å². The third kappa shape index (κ3) is 5.05. The van der Waals surface area contributed by atoms with Crippen LogP contribution < -0.4 is 15.3 Å². The monoisotopic (exact) mass is 393 g/mol. The van der Waals surface area contributed by atoms with Crippen LogP contribution in [0.2, 0.25) is 0 Å². The second kappa shape index (κ2) is 8.96. The minimum absolute atomic E-state index is 0.115. The quantitative estimate of drug-likeness (QED) is 0.494. The van der Waals surface area contributed by atoms with Crippen LogP contribution in [0, 0.1) is 0 Å². The van der Waals surface area contributed by atoms with E-state index < -0.39 is 5.97 Å². The summed E-state index contributed by atoms with van der Waals surface area (Å²) in [5.74, 6) is -0.805. The van der Waals surface area contributed by atoms with Gasteiger partial charge in [-0.3, -0.25) is 4.79 Å². The standard InChI is InChI=1S/C21H18N2O4S/c1-14(18-11-12-19(28-18)21(25)26)22-23-20(24)16-9-7-15(8-10-16)13-27-17-5-3-2-4-6-17/h2-12H,13H2,1H3,(H,23,24)(H,25,26)/p-1/b22-14-. The number of carbonyl (C=O) groups is 2. The Morgan fingerprint density at radius 1 is 1.00 bits per heavy atom. The van der Waals surface area contributed by atoms with Crippen molar-refractivity contribution in [3.63, 3.8) is 0 Å². The summed E-state index contributed by atoms with van der Waals surface area (Å²) in [5, 5.41) is 14.9. The van der Waals surface area contributed by atoms with Gasteiger partial charge in [0.1, 0.15) is 12.4 Å². The van der Waals surface area contributed by atoms with Gasteiger partial charge in [0.15, 0.2) is 0 Å². The van der Waals surface area contributed by atoms with Gasteiger partial charge in [0.2, 0.25) is 0 Å². The average Bonchev–Trinajstić information content (AvgIpc) is 3.22. The SMILES string of the molecule is C/C(=N/NC(=O)c1ccc(COc2ccccc2)cc1)c1ccc(C(=O)[O-])s1. The van der Waals surface area contributed by atoms with E-state index >= 15 is 0 Å². The van der Waals surface area contributed by atoms with E-state index in [1.54, 1.807) is 25.1 Å². The number of hydrazone groups is 1. The molecule has 0 atom stereocenters. The molecule has 0 radical (unpaired) electrons. The van der Waals surface area contributed by atoms with Gasteiger partial charge in [-0.25, -0.2) is 5.43 Å². The number of nitrogens with one attached hydrogen (secondary N) is 1. The summed E-state index contributed by atoms with van der Waals surface area (Å²) in [6, 6.07) is 19.6. The minimum atomic E-state index is -1.23. The Labute approximate surface area is 166 Å². The van der Waals surface area contributed by atoms with Crippen molar-refractivity contribution in [2.75, 3.05) is 0 Å². The number of hydrogen-bond acceptors (Lipinski definition) is 6. The maximum Gasteiger partial charge on any atom is 0.271 e. The number of hydrogen-bond donors (Lipinski definition) is 1. The first kappa shape index (κ1) is 19.3. The highest BCUT2D eigenvalue weighted by molar-refractivity contribution is 7.15. The molecule has 0 aliphatic heterocycles. The van der Waals surface area contributed by atoms with Crippen LogP contribution in [0.15, 0.2) is 71.8 Å². The molecule has 1 aromatic heterocycles. The third-order valence-electron chi connectivity index (χ3n) is 3.85. The molecule has 142 valence electrons. The molecule has 2 aromatic carbocycles. The van der Waals surface area contributed by atoms with E-state index in [4.69, 9.17) is 4.74 Å². The lowest BCUT2D eigenvalue weighted by Gasteiger charge is -2.07. The van der Waals surface area contributed by atoms with Gasteiger partial charge in [-0.15, -0.1) is 11.3 Å². The molecule has 0 spiro atoms. The smallest absolute Gasteiger partial charge is 0.271 e. The van der Waals surface area contributed by atoms with Gasteiger partial charge < -0.3 is 14.6 Å². The highest BCUT2D eigenvalue weighted by Gasteiger charge is 2.07. The van der Waals surface area contributed by atoms with Crippen molar-refractivity contribution in [1.82, 2.24) is 5.43 Å². The normalized spacial score (nSPS) is 11.1. The van der Waals surface area contributed by atoms with Crippen LogP contribution in [0.3, 0.4) is 0 Å². The third-order valence-corrected chi connectivity index (χ3v) is 5.03. The van der Waals surface area contributed by atoms with Gasteiger partial charge in [0.05, 0.1) is 21.4 Å². The summed E-state index contributed by atoms with van der Waals surface area (Å²) in [4.78, 5) is 23.8. The van der Waals surface area contributed by atoms with Crippen molar-refractivity contribution >= 4 is 28.9 Å². The molecule has 7 heteroatoms. The number of aromatic carboxylic acids is 1. The molecule has 3 rings (SSSR count). The summed E-state index contributed by atoms with van der Waals surface area (Å²) in [5.41, 5.74) is 4.39. The number of carbonyl (C=O) groups excluding carboxylic acids is 2. The largest absolute Gasteiger partial charge is 0.544 e. The van der Waals surface area contributed by atoms with Crippen molar-refractivity contribution in [3.8, 4) is 5.75 Å². The maximum absolute atomic E-state index is 12.2. The van der Waals surface area contributed by atoms with E-state index in [9.17, 15) is 14.7 Å². The number of benzene rings is 2. The molecule has 1 heterocycles. The first-order valence-corrected chi connectivity index (χ1v) is 9.27. The summed E-state index contributed by atoms with van der Waals surface area (Å²) < 4.78 is 5.67. The number of carboxylic acids is 1. The van der Waals surface area contributed by atoms with Gasteiger partial charge in [0, 0.05) is 5.56 Å². The van der Waals surface area contributed by atoms with Gasteiger partial charge >= 0.3 is 0 Å². The molecule has 0 saturated heterocycles. The van der Waals surface area contributed by atoms with Crippen LogP contribution in [-0.4, -0.2) is 17.6 Å². The second-order valence-electron chi connectivity index (χ2n) is 5.89. The molecule has 0 fully saturated rings. The van der Waals surface area contributed by atoms with E-state index in [0.29, 0.717) is 22.8 Å². The Balaban J connectivity index is 1.57. The predicted octanol–water partition coefficient (Wildman–Crippen LogP) is 2.84. The number of amides is 1. The van der Waals surface area contributed by atoms with Gasteiger partial charge in [0.25, 0.3) is 5.91 Å². The summed E-state index contributed by atoms with van der Waals surface area (Å²) >= 11 is 1.04. The van der Waals surface area contributed by atoms with Crippen LogP contribution in [0.1, 0.15) is 37.4 Å². The highest BCUT2D eigenvalue weighted by atomic mass is 32.1. The Morgan fingerprint density at radius 3 is 2.32 bits per heavy atom. The molecule has 0 aliphatic carbocycles. The first-order valence-electron chi connectivity index (χ1n) is 8.46. The van der Waals surface area contributed by atoms with Crippen molar-refractivity contribution in [2.45, 2.75) is 13.5 Å². The van der Waals surface area contributed by atoms with Crippen molar-refractivity contribution in [1.29, 1.82) is 0 Å². The van der Waals surface area contributed by atoms with E-state index in [1.165, 1.54) is 6.07 Å². The Kier molecular flexibility index (Phi) is 6.18. The zero-order chi connectivity index (χ0) is 19.9. The number of carboxylic acid groups (broad SMARTS) is 1. The Bertz CT molecular complexity index is 995. The molecule has 1 N–H and O–H groups in total. The molecule has 0 bridgehead atoms. The number of rotatable bonds is 7. The highest BCUT2D eigenvalue weighted by Crippen LogP contribution is 2.16. The number of para-hydroxylation sites is 1. The fraction of sp³-hybridized carbons (Fsp3) is 0.0952. The molecule has 28 heavy (non-hydrogen) atoms. The van der Waals surface area contributed by atoms with Gasteiger partial charge in [-0.1, -0.05) is 30.3 Å². The predicted molar refractivity (Wildman–Crippen MR) is 106 cm³/mol. The molecular formula is C21H17N2O4S-. The van der Waals surface area contributed by atoms with E-state index in [2.05, 4.69) is 10.5 Å². The number of nitrogens with zero attached hydrogens (tertiary/aromatic N) is 1. The molecule has 0 unspecified atom stereocenters. The van der Waals surface area contributed by atoms with Gasteiger partial charge in [-0.2, -0.15) is 5.10 Å². The zero-order valence-corrected chi connectivity index (χ0v) is 15.9. The Hall–Kier alpha value is -3.45. The summed E-state index contributed by atoms with van der Waals surface area (Å²) in [6.45, 7) is 2.09. The van der Waals surface area contributed by atoms with E-state index in [-0.39, 0.29) is 10.8 Å². The van der Waals surface area contributed by atoms with Crippen molar-refractivity contribution < 1.29 is 19.4 Å². The molecule has 6 nitrogen and oxygen atoms in total. The van der Waals surface area contributed by atoms with E-state index in [0.717, 1.165) is 22.6 Å². The minimum Gasteiger partial charge on any atom is -0.544 e. The molecular weight excluding hydrogens is 376 g/mol. The fourth-order valence-electron chi connectivity index (χ4n) is 2.33. The molecule has 1 amide bonds. The van der Waals surface area contributed by atoms with Crippen molar-refractivity contribution in [3.05, 3.63) is 87.6 Å². The fourth-order valence-corrected chi connectivity index (χ4v) is 3.12. The lowest BCUT2D eigenvalue weighted by Crippen LogP contribution is -2.20. The maximum atomic E-state index is 12.2. The number of ether oxygens (including phenoxy) is 1.